The van der Waals surface area contributed by atoms with Gasteiger partial charge in [-0.25, -0.2) is 0 Å². The minimum Gasteiger partial charge on any atom is -0.456 e. The number of hydrogen-bond donors (Lipinski definition) is 0. The molecule has 60 heavy (non-hydrogen) atoms. The second-order valence-electron chi connectivity index (χ2n) is 16.3. The molecule has 0 atom stereocenters. The Hall–Kier alpha value is -7.68. The number of furan rings is 2. The molecule has 0 saturated carbocycles. The van der Waals surface area contributed by atoms with Crippen LogP contribution in [0.3, 0.4) is 0 Å². The third-order valence-electron chi connectivity index (χ3n) is 12.9. The van der Waals surface area contributed by atoms with Gasteiger partial charge in [0.15, 0.2) is 11.2 Å². The van der Waals surface area contributed by atoms with Gasteiger partial charge in [0.1, 0.15) is 11.3 Å². The van der Waals surface area contributed by atoms with E-state index in [4.69, 9.17) is 8.83 Å². The van der Waals surface area contributed by atoms with Gasteiger partial charge in [0, 0.05) is 28.1 Å². The maximum atomic E-state index is 6.47. The zero-order chi connectivity index (χ0) is 39.3. The Balaban J connectivity index is 0.868. The van der Waals surface area contributed by atoms with E-state index in [0.717, 1.165) is 57.1 Å². The Morgan fingerprint density at radius 2 is 0.817 bits per heavy atom. The molecular formula is C58H36O2. The van der Waals surface area contributed by atoms with E-state index in [1.54, 1.807) is 0 Å². The lowest BCUT2D eigenvalue weighted by atomic mass is 9.89. The fourth-order valence-corrected chi connectivity index (χ4v) is 9.86. The zero-order valence-corrected chi connectivity index (χ0v) is 32.7. The van der Waals surface area contributed by atoms with Crippen LogP contribution >= 0.6 is 0 Å². The first-order chi connectivity index (χ1) is 29.7. The summed E-state index contributed by atoms with van der Waals surface area (Å²) in [6.45, 7) is 0. The van der Waals surface area contributed by atoms with Crippen molar-refractivity contribution in [2.45, 2.75) is 12.8 Å². The van der Waals surface area contributed by atoms with E-state index in [1.807, 2.05) is 0 Å². The fraction of sp³-hybridized carbons (Fsp3) is 0.0345. The number of benzene rings is 10. The maximum Gasteiger partial charge on any atom is 0.178 e. The van der Waals surface area contributed by atoms with Gasteiger partial charge in [-0.05, 0) is 149 Å². The number of rotatable bonds is 4. The van der Waals surface area contributed by atoms with Gasteiger partial charge < -0.3 is 8.83 Å². The summed E-state index contributed by atoms with van der Waals surface area (Å²) in [6.07, 6.45) is 6.35. The van der Waals surface area contributed by atoms with Crippen LogP contribution in [0.15, 0.2) is 197 Å². The second kappa shape index (κ2) is 12.9. The molecule has 1 aliphatic rings. The minimum absolute atomic E-state index is 0.828. The summed E-state index contributed by atoms with van der Waals surface area (Å²) >= 11 is 0. The van der Waals surface area contributed by atoms with Crippen molar-refractivity contribution in [3.8, 4) is 44.5 Å². The van der Waals surface area contributed by atoms with Gasteiger partial charge in [-0.15, -0.1) is 0 Å². The van der Waals surface area contributed by atoms with Gasteiger partial charge in [0.25, 0.3) is 0 Å². The molecule has 0 spiro atoms. The van der Waals surface area contributed by atoms with Crippen LogP contribution in [0.2, 0.25) is 0 Å². The summed E-state index contributed by atoms with van der Waals surface area (Å²) < 4.78 is 12.9. The van der Waals surface area contributed by atoms with Crippen molar-refractivity contribution in [2.24, 2.45) is 0 Å². The highest BCUT2D eigenvalue weighted by molar-refractivity contribution is 6.26. The molecule has 2 heteroatoms. The minimum atomic E-state index is 0.828. The lowest BCUT2D eigenvalue weighted by Gasteiger charge is -2.14. The first kappa shape index (κ1) is 33.3. The third kappa shape index (κ3) is 5.14. The van der Waals surface area contributed by atoms with Crippen molar-refractivity contribution >= 4 is 82.1 Å². The van der Waals surface area contributed by atoms with Crippen LogP contribution in [0.4, 0.5) is 0 Å². The predicted octanol–water partition coefficient (Wildman–Crippen LogP) is 16.6. The standard InChI is InChI=1S/C58H36O2/c1-2-10-36-29-41(20-19-35(36)9-1)43-22-25-48-47-24-21-42(32-52(47)45-15-3-4-16-46(45)53(48)33-43)39-13-7-11-37(30-39)38-12-8-14-40(31-38)44-23-28-56-54(34-44)51-27-26-50-49-17-5-6-18-55(49)59-57(50)58(51)60-56/h1-5,7-17,19-34H,6,18H2. The van der Waals surface area contributed by atoms with Crippen molar-refractivity contribution in [3.63, 3.8) is 0 Å². The lowest BCUT2D eigenvalue weighted by Crippen LogP contribution is -1.87. The van der Waals surface area contributed by atoms with E-state index in [1.165, 1.54) is 87.6 Å². The van der Waals surface area contributed by atoms with Gasteiger partial charge in [-0.1, -0.05) is 140 Å². The molecule has 2 nitrogen and oxygen atoms in total. The van der Waals surface area contributed by atoms with Crippen LogP contribution in [-0.2, 0) is 6.42 Å². The normalized spacial score (nSPS) is 12.8. The van der Waals surface area contributed by atoms with Gasteiger partial charge >= 0.3 is 0 Å². The first-order valence-corrected chi connectivity index (χ1v) is 20.9. The van der Waals surface area contributed by atoms with Crippen LogP contribution in [0.25, 0.3) is 127 Å². The average Bonchev–Trinajstić information content (AvgIpc) is 3.90. The summed E-state index contributed by atoms with van der Waals surface area (Å²) in [4.78, 5) is 0. The summed E-state index contributed by atoms with van der Waals surface area (Å²) in [5, 5.41) is 13.5. The Bertz CT molecular complexity index is 3760. The van der Waals surface area contributed by atoms with Crippen molar-refractivity contribution < 1.29 is 8.83 Å². The molecule has 2 heterocycles. The van der Waals surface area contributed by atoms with E-state index in [2.05, 4.69) is 194 Å². The van der Waals surface area contributed by atoms with E-state index in [-0.39, 0.29) is 0 Å². The molecule has 0 radical (unpaired) electrons. The molecule has 280 valence electrons. The van der Waals surface area contributed by atoms with Gasteiger partial charge in [-0.3, -0.25) is 0 Å². The average molecular weight is 765 g/mol. The van der Waals surface area contributed by atoms with Gasteiger partial charge in [0.05, 0.1) is 0 Å². The van der Waals surface area contributed by atoms with Crippen LogP contribution in [-0.4, -0.2) is 0 Å². The molecule has 0 amide bonds. The highest BCUT2D eigenvalue weighted by Crippen LogP contribution is 2.42. The van der Waals surface area contributed by atoms with Crippen molar-refractivity contribution in [2.75, 3.05) is 0 Å². The van der Waals surface area contributed by atoms with Crippen molar-refractivity contribution in [3.05, 3.63) is 199 Å². The highest BCUT2D eigenvalue weighted by Gasteiger charge is 2.20. The van der Waals surface area contributed by atoms with Crippen LogP contribution in [0.5, 0.6) is 0 Å². The van der Waals surface area contributed by atoms with E-state index in [0.29, 0.717) is 0 Å². The molecule has 0 N–H and O–H groups in total. The second-order valence-corrected chi connectivity index (χ2v) is 16.3. The molecule has 1 aliphatic carbocycles. The SMILES string of the molecule is C1=Cc2c(oc3c2ccc2c4cc(-c5cccc(-c6cccc(-c7ccc8c9ccc(-c%10ccc%11ccccc%11c%10)cc9c9ccccc9c8c7)c6)c5)ccc4oc23)CC1. The van der Waals surface area contributed by atoms with Gasteiger partial charge in [0.2, 0.25) is 0 Å². The number of fused-ring (bicyclic) bond motifs is 14. The van der Waals surface area contributed by atoms with E-state index >= 15 is 0 Å². The molecule has 0 bridgehead atoms. The Morgan fingerprint density at radius 3 is 1.50 bits per heavy atom. The topological polar surface area (TPSA) is 26.3 Å². The quantitative estimate of drug-likeness (QED) is 0.167. The Labute approximate surface area is 346 Å². The predicted molar refractivity (Wildman–Crippen MR) is 253 cm³/mol. The van der Waals surface area contributed by atoms with E-state index in [9.17, 15) is 0 Å². The maximum absolute atomic E-state index is 6.47. The summed E-state index contributed by atoms with van der Waals surface area (Å²) in [5.74, 6) is 1.05. The molecule has 0 aliphatic heterocycles. The van der Waals surface area contributed by atoms with Crippen LogP contribution in [0, 0.1) is 0 Å². The van der Waals surface area contributed by atoms with Crippen LogP contribution < -0.4 is 0 Å². The molecular weight excluding hydrogens is 729 g/mol. The molecule has 2 aromatic heterocycles. The zero-order valence-electron chi connectivity index (χ0n) is 32.7. The molecule has 0 saturated heterocycles. The largest absolute Gasteiger partial charge is 0.456 e. The smallest absolute Gasteiger partial charge is 0.178 e. The number of hydrogen-bond acceptors (Lipinski definition) is 2. The molecule has 12 aromatic rings. The highest BCUT2D eigenvalue weighted by atomic mass is 16.4. The third-order valence-corrected chi connectivity index (χ3v) is 12.9. The van der Waals surface area contributed by atoms with E-state index < -0.39 is 0 Å². The molecule has 0 fully saturated rings. The molecule has 13 rings (SSSR count). The summed E-state index contributed by atoms with van der Waals surface area (Å²) in [5.41, 5.74) is 13.3. The molecule has 10 aromatic carbocycles. The number of aryl methyl sites for hydroxylation is 1. The first-order valence-electron chi connectivity index (χ1n) is 20.9. The van der Waals surface area contributed by atoms with Crippen molar-refractivity contribution in [1.82, 2.24) is 0 Å². The lowest BCUT2D eigenvalue weighted by molar-refractivity contribution is 0.541. The van der Waals surface area contributed by atoms with Crippen molar-refractivity contribution in [1.29, 1.82) is 0 Å². The monoisotopic (exact) mass is 764 g/mol. The van der Waals surface area contributed by atoms with Gasteiger partial charge in [-0.2, -0.15) is 0 Å². The summed E-state index contributed by atoms with van der Waals surface area (Å²) in [6, 6.07) is 66.9. The Morgan fingerprint density at radius 1 is 0.317 bits per heavy atom. The van der Waals surface area contributed by atoms with Crippen LogP contribution in [0.1, 0.15) is 17.7 Å². The number of allylic oxidation sites excluding steroid dienone is 1. The Kier molecular flexibility index (Phi) is 7.17. The fourth-order valence-electron chi connectivity index (χ4n) is 9.86. The molecule has 0 unspecified atom stereocenters. The summed E-state index contributed by atoms with van der Waals surface area (Å²) in [7, 11) is 0.